The maximum absolute atomic E-state index is 15.5. The summed E-state index contributed by atoms with van der Waals surface area (Å²) in [5, 5.41) is 40.5. The lowest BCUT2D eigenvalue weighted by Gasteiger charge is -2.67. The van der Waals surface area contributed by atoms with E-state index in [9.17, 15) is 39.3 Å². The van der Waals surface area contributed by atoms with E-state index in [4.69, 9.17) is 33.2 Å². The third-order valence-corrected chi connectivity index (χ3v) is 14.1. The first-order valence-electron chi connectivity index (χ1n) is 21.3. The lowest BCUT2D eigenvalue weighted by Crippen LogP contribution is -2.82. The summed E-state index contributed by atoms with van der Waals surface area (Å²) in [7, 11) is 0. The van der Waals surface area contributed by atoms with Crippen molar-refractivity contribution in [2.45, 2.75) is 108 Å². The van der Waals surface area contributed by atoms with Crippen molar-refractivity contribution >= 4 is 35.6 Å². The quantitative estimate of drug-likeness (QED) is 0.129. The van der Waals surface area contributed by atoms with Crippen LogP contribution >= 0.6 is 0 Å². The van der Waals surface area contributed by atoms with Crippen molar-refractivity contribution < 1.29 is 77.2 Å². The molecule has 11 atom stereocenters. The van der Waals surface area contributed by atoms with Crippen LogP contribution < -0.4 is 14.8 Å². The van der Waals surface area contributed by atoms with Crippen LogP contribution in [-0.2, 0) is 42.9 Å². The highest BCUT2D eigenvalue weighted by Crippen LogP contribution is 2.64. The number of rotatable bonds is 10. The molecule has 3 aromatic carbocycles. The molecule has 0 aromatic heterocycles. The number of aliphatic hydroxyl groups excluding tert-OH is 2. The van der Waals surface area contributed by atoms with Crippen molar-refractivity contribution in [3.63, 3.8) is 0 Å². The van der Waals surface area contributed by atoms with E-state index in [-0.39, 0.29) is 47.7 Å². The van der Waals surface area contributed by atoms with Gasteiger partial charge in [-0.2, -0.15) is 0 Å². The van der Waals surface area contributed by atoms with Gasteiger partial charge in [0.1, 0.15) is 23.9 Å². The third kappa shape index (κ3) is 7.43. The van der Waals surface area contributed by atoms with Crippen LogP contribution in [0.3, 0.4) is 0 Å². The molecule has 2 bridgehead atoms. The molecule has 65 heavy (non-hydrogen) atoms. The minimum atomic E-state index is -2.42. The highest BCUT2D eigenvalue weighted by molar-refractivity contribution is 5.96. The normalized spacial score (nSPS) is 31.6. The summed E-state index contributed by atoms with van der Waals surface area (Å²) < 4.78 is 41.3. The maximum atomic E-state index is 15.5. The smallest absolute Gasteiger partial charge is 0.338 e. The van der Waals surface area contributed by atoms with E-state index in [0.717, 1.165) is 13.8 Å². The maximum Gasteiger partial charge on any atom is 0.338 e. The van der Waals surface area contributed by atoms with Crippen LogP contribution in [0.5, 0.6) is 11.5 Å². The molecule has 2 saturated carbocycles. The van der Waals surface area contributed by atoms with Crippen molar-refractivity contribution in [1.29, 1.82) is 0 Å². The molecular weight excluding hydrogens is 847 g/mol. The zero-order chi connectivity index (χ0) is 46.8. The SMILES string of the molecule is CC(=O)OC1C(=O)[C@]2(C)C(O)CC3OC[C@@]3(OC(C)=O)C2C(OC(=O)c2ccccc2)C2(O)CC(OC(=O)C(O)C(NC(=O)c3ccccc3)c3ccc4c(c3)OCO4)C(C)=C1C2(C)C. The molecule has 3 aliphatic carbocycles. The average Bonchev–Trinajstić information content (AvgIpc) is 3.75. The number of esters is 4. The third-order valence-electron chi connectivity index (χ3n) is 14.1. The van der Waals surface area contributed by atoms with Crippen LogP contribution in [0.25, 0.3) is 0 Å². The van der Waals surface area contributed by atoms with Gasteiger partial charge < -0.3 is 53.8 Å². The molecule has 2 aliphatic heterocycles. The number of carbonyl (C=O) groups is 6. The molecule has 1 saturated heterocycles. The van der Waals surface area contributed by atoms with Crippen LogP contribution in [0.2, 0.25) is 0 Å². The first kappa shape index (κ1) is 45.4. The standard InChI is InChI=1S/C48H51NO16/c1-24-32(63-44(57)37(53)36(49-42(55)27-13-9-7-10-14-27)29-17-18-30-31(19-29)61-23-60-30)21-48(58)41(64-43(56)28-15-11-8-12-16-28)39-46(6,33(52)20-34-47(39,22-59-34)65-26(3)51)40(54)38(62-25(2)50)35(24)45(48,4)5/h7-19,32-34,36-39,41,52-53,58H,20-23H2,1-6H3,(H,49,55)/t32?,33?,34?,36?,37?,38?,39?,41?,46-,47+,48?/m1/s1. The van der Waals surface area contributed by atoms with Gasteiger partial charge in [-0.1, -0.05) is 56.3 Å². The zero-order valence-electron chi connectivity index (χ0n) is 36.6. The van der Waals surface area contributed by atoms with Crippen LogP contribution in [0.1, 0.15) is 86.7 Å². The Balaban J connectivity index is 1.27. The van der Waals surface area contributed by atoms with Gasteiger partial charge >= 0.3 is 23.9 Å². The molecule has 1 amide bonds. The Kier molecular flexibility index (Phi) is 11.7. The van der Waals surface area contributed by atoms with Crippen LogP contribution in [0, 0.1) is 16.7 Å². The molecule has 3 aromatic rings. The second-order valence-corrected chi connectivity index (χ2v) is 18.1. The minimum Gasteiger partial charge on any atom is -0.456 e. The predicted molar refractivity (Wildman–Crippen MR) is 224 cm³/mol. The number of aliphatic hydroxyl groups is 3. The van der Waals surface area contributed by atoms with Gasteiger partial charge in [0.2, 0.25) is 6.79 Å². The fourth-order valence-corrected chi connectivity index (χ4v) is 10.6. The number of ether oxygens (including phenoxy) is 7. The molecule has 9 unspecified atom stereocenters. The van der Waals surface area contributed by atoms with Gasteiger partial charge in [0.15, 0.2) is 35.1 Å². The lowest BCUT2D eigenvalue weighted by atomic mass is 9.44. The summed E-state index contributed by atoms with van der Waals surface area (Å²) in [5.41, 5.74) is -7.33. The first-order chi connectivity index (χ1) is 30.7. The number of benzene rings is 3. The number of amides is 1. The molecular formula is C48H51NO16. The van der Waals surface area contributed by atoms with Gasteiger partial charge in [0.05, 0.1) is 35.6 Å². The van der Waals surface area contributed by atoms with Gasteiger partial charge in [0, 0.05) is 37.7 Å². The molecule has 5 aliphatic rings. The van der Waals surface area contributed by atoms with Crippen molar-refractivity contribution in [3.05, 3.63) is 107 Å². The van der Waals surface area contributed by atoms with E-state index in [1.54, 1.807) is 68.4 Å². The molecule has 8 rings (SSSR count). The monoisotopic (exact) mass is 897 g/mol. The minimum absolute atomic E-state index is 0.0235. The topological polar surface area (TPSA) is 240 Å². The number of ketones is 1. The van der Waals surface area contributed by atoms with Gasteiger partial charge in [-0.3, -0.25) is 19.2 Å². The van der Waals surface area contributed by atoms with Gasteiger partial charge in [-0.05, 0) is 67.0 Å². The Morgan fingerprint density at radius 1 is 0.846 bits per heavy atom. The highest BCUT2D eigenvalue weighted by atomic mass is 16.7. The molecule has 0 radical (unpaired) electrons. The number of hydrogen-bond acceptors (Lipinski definition) is 16. The Morgan fingerprint density at radius 2 is 1.49 bits per heavy atom. The number of fused-ring (bicyclic) bond motifs is 6. The molecule has 2 heterocycles. The van der Waals surface area contributed by atoms with Crippen molar-refractivity contribution in [1.82, 2.24) is 5.32 Å². The predicted octanol–water partition coefficient (Wildman–Crippen LogP) is 3.46. The summed E-state index contributed by atoms with van der Waals surface area (Å²) in [6.07, 6.45) is -10.8. The number of Topliss-reactive ketones (excluding diaryl/α,β-unsaturated/α-hetero) is 1. The van der Waals surface area contributed by atoms with Crippen LogP contribution in [0.15, 0.2) is 90.0 Å². The van der Waals surface area contributed by atoms with E-state index in [2.05, 4.69) is 5.32 Å². The Labute approximate surface area is 373 Å². The summed E-state index contributed by atoms with van der Waals surface area (Å²) in [6, 6.07) is 19.0. The van der Waals surface area contributed by atoms with E-state index >= 15 is 4.79 Å². The van der Waals surface area contributed by atoms with Crippen molar-refractivity contribution in [2.75, 3.05) is 13.4 Å². The molecule has 0 spiro atoms. The largest absolute Gasteiger partial charge is 0.456 e. The van der Waals surface area contributed by atoms with Crippen molar-refractivity contribution in [2.24, 2.45) is 16.7 Å². The van der Waals surface area contributed by atoms with Crippen molar-refractivity contribution in [3.8, 4) is 11.5 Å². The highest BCUT2D eigenvalue weighted by Gasteiger charge is 2.78. The molecule has 3 fully saturated rings. The second-order valence-electron chi connectivity index (χ2n) is 18.1. The summed E-state index contributed by atoms with van der Waals surface area (Å²) in [6.45, 7) is 7.83. The molecule has 4 N–H and O–H groups in total. The van der Waals surface area contributed by atoms with Gasteiger partial charge in [0.25, 0.3) is 5.91 Å². The Morgan fingerprint density at radius 3 is 2.11 bits per heavy atom. The Bertz CT molecular complexity index is 2450. The lowest BCUT2D eigenvalue weighted by molar-refractivity contribution is -0.346. The molecule has 17 nitrogen and oxygen atoms in total. The zero-order valence-corrected chi connectivity index (χ0v) is 36.6. The van der Waals surface area contributed by atoms with E-state index in [1.807, 2.05) is 0 Å². The molecule has 17 heteroatoms. The summed E-state index contributed by atoms with van der Waals surface area (Å²) in [4.78, 5) is 84.0. The summed E-state index contributed by atoms with van der Waals surface area (Å²) >= 11 is 0. The number of hydrogen-bond donors (Lipinski definition) is 4. The van der Waals surface area contributed by atoms with Crippen LogP contribution in [0.4, 0.5) is 0 Å². The van der Waals surface area contributed by atoms with Gasteiger partial charge in [-0.15, -0.1) is 0 Å². The fourth-order valence-electron chi connectivity index (χ4n) is 10.6. The summed E-state index contributed by atoms with van der Waals surface area (Å²) in [5.74, 6) is -6.32. The second kappa shape index (κ2) is 16.7. The van der Waals surface area contributed by atoms with Gasteiger partial charge in [-0.25, -0.2) is 9.59 Å². The van der Waals surface area contributed by atoms with E-state index < -0.39 is 113 Å². The average molecular weight is 898 g/mol. The Hall–Kier alpha value is -6.14. The number of carbonyl (C=O) groups excluding carboxylic acids is 6. The fraction of sp³-hybridized carbons (Fsp3) is 0.458. The van der Waals surface area contributed by atoms with E-state index in [1.165, 1.54) is 38.1 Å². The molecule has 344 valence electrons. The first-order valence-corrected chi connectivity index (χ1v) is 21.3. The number of nitrogens with one attached hydrogen (secondary N) is 1. The van der Waals surface area contributed by atoms with Crippen LogP contribution in [-0.4, -0.2) is 112 Å². The van der Waals surface area contributed by atoms with E-state index in [0.29, 0.717) is 11.5 Å².